The maximum Gasteiger partial charge on any atom is 0.241 e. The van der Waals surface area contributed by atoms with Crippen LogP contribution in [-0.4, -0.2) is 33.3 Å². The van der Waals surface area contributed by atoms with E-state index in [1.807, 2.05) is 50.6 Å². The van der Waals surface area contributed by atoms with Crippen molar-refractivity contribution in [3.05, 3.63) is 50.7 Å². The predicted molar refractivity (Wildman–Crippen MR) is 101 cm³/mol. The van der Waals surface area contributed by atoms with Gasteiger partial charge in [-0.25, -0.2) is 13.1 Å². The minimum absolute atomic E-state index is 0.108. The van der Waals surface area contributed by atoms with Gasteiger partial charge in [0.2, 0.25) is 10.0 Å². The van der Waals surface area contributed by atoms with Crippen LogP contribution in [0.3, 0.4) is 0 Å². The summed E-state index contributed by atoms with van der Waals surface area (Å²) in [5, 5.41) is 12.8. The van der Waals surface area contributed by atoms with Crippen LogP contribution in [-0.2, 0) is 14.8 Å². The number of aliphatic hydroxyl groups is 1. The molecule has 0 fully saturated rings. The van der Waals surface area contributed by atoms with Crippen molar-refractivity contribution in [1.29, 1.82) is 0 Å². The summed E-state index contributed by atoms with van der Waals surface area (Å²) in [5.74, 6) is 0. The Hall–Kier alpha value is -1.25. The molecular formula is C18H25NO4S2. The highest BCUT2D eigenvalue weighted by atomic mass is 32.2. The molecular weight excluding hydrogens is 358 g/mol. The monoisotopic (exact) mass is 383 g/mol. The van der Waals surface area contributed by atoms with Crippen molar-refractivity contribution >= 4 is 21.4 Å². The average Bonchev–Trinajstić information content (AvgIpc) is 3.07. The third kappa shape index (κ3) is 4.68. The fraction of sp³-hybridized carbons (Fsp3) is 0.444. The number of rotatable bonds is 8. The number of thiophene rings is 1. The molecule has 0 amide bonds. The SMILES string of the molecule is Cc1cc(C)c(C)c(S(=O)(=O)NC[C@H](OCCO)c2ccsc2)c1C. The number of benzene rings is 1. The van der Waals surface area contributed by atoms with Crippen LogP contribution in [0.1, 0.15) is 33.9 Å². The Kier molecular flexibility index (Phi) is 6.76. The van der Waals surface area contributed by atoms with Crippen molar-refractivity contribution in [3.63, 3.8) is 0 Å². The average molecular weight is 384 g/mol. The Morgan fingerprint density at radius 2 is 1.84 bits per heavy atom. The Balaban J connectivity index is 2.26. The van der Waals surface area contributed by atoms with Gasteiger partial charge < -0.3 is 9.84 Å². The van der Waals surface area contributed by atoms with E-state index < -0.39 is 16.1 Å². The maximum atomic E-state index is 12.9. The van der Waals surface area contributed by atoms with Gasteiger partial charge in [0.1, 0.15) is 0 Å². The van der Waals surface area contributed by atoms with Crippen molar-refractivity contribution in [2.75, 3.05) is 19.8 Å². The van der Waals surface area contributed by atoms with Gasteiger partial charge in [0.05, 0.1) is 24.2 Å². The van der Waals surface area contributed by atoms with E-state index >= 15 is 0 Å². The summed E-state index contributed by atoms with van der Waals surface area (Å²) in [6.45, 7) is 7.65. The molecule has 1 heterocycles. The van der Waals surface area contributed by atoms with Crippen molar-refractivity contribution in [2.24, 2.45) is 0 Å². The molecule has 0 bridgehead atoms. The molecule has 1 aromatic heterocycles. The van der Waals surface area contributed by atoms with Crippen molar-refractivity contribution in [2.45, 2.75) is 38.7 Å². The molecule has 25 heavy (non-hydrogen) atoms. The predicted octanol–water partition coefficient (Wildman–Crippen LogP) is 3.01. The number of ether oxygens (including phenoxy) is 1. The lowest BCUT2D eigenvalue weighted by Crippen LogP contribution is -2.31. The minimum Gasteiger partial charge on any atom is -0.394 e. The molecule has 0 aliphatic heterocycles. The van der Waals surface area contributed by atoms with Gasteiger partial charge in [-0.1, -0.05) is 6.07 Å². The van der Waals surface area contributed by atoms with Crippen molar-refractivity contribution in [1.82, 2.24) is 4.72 Å². The second kappa shape index (κ2) is 8.42. The summed E-state index contributed by atoms with van der Waals surface area (Å²) in [7, 11) is -3.67. The number of hydrogen-bond acceptors (Lipinski definition) is 5. The molecule has 0 unspecified atom stereocenters. The lowest BCUT2D eigenvalue weighted by atomic mass is 10.0. The Morgan fingerprint density at radius 3 is 2.36 bits per heavy atom. The summed E-state index contributed by atoms with van der Waals surface area (Å²) < 4.78 is 34.1. The molecule has 1 atom stereocenters. The van der Waals surface area contributed by atoms with E-state index in [2.05, 4.69) is 4.72 Å². The molecule has 138 valence electrons. The van der Waals surface area contributed by atoms with Crippen LogP contribution in [0.25, 0.3) is 0 Å². The number of sulfonamides is 1. The number of aliphatic hydroxyl groups excluding tert-OH is 1. The zero-order valence-electron chi connectivity index (χ0n) is 15.0. The highest BCUT2D eigenvalue weighted by molar-refractivity contribution is 7.89. The maximum absolute atomic E-state index is 12.9. The molecule has 0 spiro atoms. The van der Waals surface area contributed by atoms with Crippen LogP contribution in [0.5, 0.6) is 0 Å². The van der Waals surface area contributed by atoms with Crippen molar-refractivity contribution < 1.29 is 18.3 Å². The van der Waals surface area contributed by atoms with Gasteiger partial charge in [-0.2, -0.15) is 11.3 Å². The lowest BCUT2D eigenvalue weighted by molar-refractivity contribution is 0.0311. The van der Waals surface area contributed by atoms with Crippen LogP contribution >= 0.6 is 11.3 Å². The number of hydrogen-bond donors (Lipinski definition) is 2. The molecule has 0 saturated heterocycles. The first-order valence-electron chi connectivity index (χ1n) is 8.09. The second-order valence-electron chi connectivity index (χ2n) is 6.08. The molecule has 5 nitrogen and oxygen atoms in total. The summed E-state index contributed by atoms with van der Waals surface area (Å²) in [5.41, 5.74) is 4.33. The smallest absolute Gasteiger partial charge is 0.241 e. The molecule has 1 aromatic carbocycles. The van der Waals surface area contributed by atoms with Gasteiger partial charge >= 0.3 is 0 Å². The minimum atomic E-state index is -3.67. The lowest BCUT2D eigenvalue weighted by Gasteiger charge is -2.20. The molecule has 2 N–H and O–H groups in total. The zero-order valence-corrected chi connectivity index (χ0v) is 16.6. The zero-order chi connectivity index (χ0) is 18.6. The molecule has 0 radical (unpaired) electrons. The van der Waals surface area contributed by atoms with Gasteiger partial charge in [0.15, 0.2) is 0 Å². The first-order chi connectivity index (χ1) is 11.8. The molecule has 0 aliphatic carbocycles. The third-order valence-corrected chi connectivity index (χ3v) is 6.75. The Labute approximate surface area is 153 Å². The van der Waals surface area contributed by atoms with E-state index in [9.17, 15) is 8.42 Å². The highest BCUT2D eigenvalue weighted by Gasteiger charge is 2.24. The normalized spacial score (nSPS) is 13.2. The van der Waals surface area contributed by atoms with Crippen LogP contribution in [0.4, 0.5) is 0 Å². The van der Waals surface area contributed by atoms with Crippen LogP contribution in [0.15, 0.2) is 27.8 Å². The Morgan fingerprint density at radius 1 is 1.20 bits per heavy atom. The van der Waals surface area contributed by atoms with Gasteiger partial charge in [0.25, 0.3) is 0 Å². The summed E-state index contributed by atoms with van der Waals surface area (Å²) in [6.07, 6.45) is -0.431. The second-order valence-corrected chi connectivity index (χ2v) is 8.56. The molecule has 7 heteroatoms. The molecule has 2 rings (SSSR count). The van der Waals surface area contributed by atoms with E-state index in [0.717, 1.165) is 27.8 Å². The van der Waals surface area contributed by atoms with E-state index in [0.29, 0.717) is 4.90 Å². The van der Waals surface area contributed by atoms with E-state index in [1.165, 1.54) is 11.3 Å². The fourth-order valence-corrected chi connectivity index (χ4v) is 5.11. The highest BCUT2D eigenvalue weighted by Crippen LogP contribution is 2.27. The first-order valence-corrected chi connectivity index (χ1v) is 10.5. The van der Waals surface area contributed by atoms with Gasteiger partial charge in [0, 0.05) is 6.54 Å². The third-order valence-electron chi connectivity index (χ3n) is 4.35. The number of aryl methyl sites for hydroxylation is 2. The first kappa shape index (κ1) is 20.1. The van der Waals surface area contributed by atoms with Crippen LogP contribution in [0, 0.1) is 27.7 Å². The topological polar surface area (TPSA) is 75.6 Å². The van der Waals surface area contributed by atoms with Gasteiger partial charge in [-0.3, -0.25) is 0 Å². The summed E-state index contributed by atoms with van der Waals surface area (Å²) in [6, 6.07) is 3.90. The van der Waals surface area contributed by atoms with Gasteiger partial charge in [-0.15, -0.1) is 0 Å². The summed E-state index contributed by atoms with van der Waals surface area (Å²) in [4.78, 5) is 0.344. The Bertz CT molecular complexity index is 788. The van der Waals surface area contributed by atoms with E-state index in [1.54, 1.807) is 0 Å². The standard InChI is InChI=1S/C18H25NO4S2/c1-12-9-13(2)15(4)18(14(12)3)25(21,22)19-10-17(23-7-6-20)16-5-8-24-11-16/h5,8-9,11,17,19-20H,6-7,10H2,1-4H3/t17-/m0/s1. The van der Waals surface area contributed by atoms with E-state index in [4.69, 9.17) is 9.84 Å². The molecule has 0 saturated carbocycles. The largest absolute Gasteiger partial charge is 0.394 e. The van der Waals surface area contributed by atoms with E-state index in [-0.39, 0.29) is 19.8 Å². The van der Waals surface area contributed by atoms with Crippen LogP contribution in [0.2, 0.25) is 0 Å². The van der Waals surface area contributed by atoms with Gasteiger partial charge in [-0.05, 0) is 72.3 Å². The molecule has 0 aliphatic rings. The quantitative estimate of drug-likeness (QED) is 0.735. The van der Waals surface area contributed by atoms with Crippen LogP contribution < -0.4 is 4.72 Å². The van der Waals surface area contributed by atoms with Crippen molar-refractivity contribution in [3.8, 4) is 0 Å². The number of nitrogens with one attached hydrogen (secondary N) is 1. The molecule has 2 aromatic rings. The summed E-state index contributed by atoms with van der Waals surface area (Å²) >= 11 is 1.52. The fourth-order valence-electron chi connectivity index (χ4n) is 2.77.